The number of ether oxygens (including phenoxy) is 1. The van der Waals surface area contributed by atoms with E-state index in [1.807, 2.05) is 53.7 Å². The molecular weight excluding hydrogens is 340 g/mol. The molecule has 0 aliphatic rings. The fourth-order valence-electron chi connectivity index (χ4n) is 2.51. The fraction of sp³-hybridized carbons (Fsp3) is 0.435. The Bertz CT molecular complexity index is 734. The zero-order valence-electron chi connectivity index (χ0n) is 17.5. The molecule has 0 fully saturated rings. The summed E-state index contributed by atoms with van der Waals surface area (Å²) in [6.07, 6.45) is 4.31. The van der Waals surface area contributed by atoms with Crippen LogP contribution in [0.15, 0.2) is 48.3 Å². The average molecular weight is 373 g/mol. The zero-order chi connectivity index (χ0) is 21.0. The van der Waals surface area contributed by atoms with Gasteiger partial charge >= 0.3 is 5.97 Å². The second-order valence-electron chi connectivity index (χ2n) is 8.69. The predicted octanol–water partition coefficient (Wildman–Crippen LogP) is 5.60. The molecule has 148 valence electrons. The summed E-state index contributed by atoms with van der Waals surface area (Å²) in [6, 6.07) is 3.75. The molecule has 0 saturated heterocycles. The molecule has 0 heterocycles. The standard InChI is InChI=1S/C23H32O4/c1-9-17(24)11-10-15(2)21(26)27-14-16-12-18(22(3,4)5)20(25)19(13-16)23(6,7)8/h9-13,24-25H,2,14H2,1,3-8H3/b11-10-,17-9+. The Labute approximate surface area is 162 Å². The van der Waals surface area contributed by atoms with E-state index in [0.29, 0.717) is 5.75 Å². The van der Waals surface area contributed by atoms with Crippen LogP contribution in [0.2, 0.25) is 0 Å². The summed E-state index contributed by atoms with van der Waals surface area (Å²) in [5, 5.41) is 20.1. The van der Waals surface area contributed by atoms with Crippen LogP contribution < -0.4 is 0 Å². The Kier molecular flexibility index (Phi) is 7.07. The molecule has 0 unspecified atom stereocenters. The van der Waals surface area contributed by atoms with Gasteiger partial charge in [0.2, 0.25) is 0 Å². The van der Waals surface area contributed by atoms with E-state index in [-0.39, 0.29) is 28.8 Å². The van der Waals surface area contributed by atoms with Crippen molar-refractivity contribution in [3.05, 3.63) is 65.0 Å². The molecule has 0 amide bonds. The molecule has 4 heteroatoms. The number of hydrogen-bond donors (Lipinski definition) is 2. The van der Waals surface area contributed by atoms with Crippen molar-refractivity contribution in [2.45, 2.75) is 65.9 Å². The number of rotatable bonds is 5. The quantitative estimate of drug-likeness (QED) is 0.305. The van der Waals surface area contributed by atoms with Gasteiger partial charge in [0, 0.05) is 0 Å². The highest BCUT2D eigenvalue weighted by atomic mass is 16.5. The number of aromatic hydroxyl groups is 1. The lowest BCUT2D eigenvalue weighted by Gasteiger charge is -2.28. The first-order chi connectivity index (χ1) is 12.3. The second-order valence-corrected chi connectivity index (χ2v) is 8.69. The molecule has 0 atom stereocenters. The SMILES string of the molecule is C=C(/C=C\C(O)=C/C)C(=O)OCc1cc(C(C)(C)C)c(O)c(C(C)(C)C)c1. The van der Waals surface area contributed by atoms with E-state index in [9.17, 15) is 15.0 Å². The van der Waals surface area contributed by atoms with Crippen LogP contribution in [0.1, 0.15) is 65.2 Å². The van der Waals surface area contributed by atoms with Crippen LogP contribution in [0, 0.1) is 0 Å². The summed E-state index contributed by atoms with van der Waals surface area (Å²) in [6.45, 7) is 17.6. The number of phenols is 1. The van der Waals surface area contributed by atoms with E-state index < -0.39 is 5.97 Å². The molecule has 2 N–H and O–H groups in total. The van der Waals surface area contributed by atoms with E-state index in [1.165, 1.54) is 18.2 Å². The Balaban J connectivity index is 3.09. The molecule has 0 aromatic heterocycles. The summed E-state index contributed by atoms with van der Waals surface area (Å²) in [4.78, 5) is 12.1. The van der Waals surface area contributed by atoms with Crippen LogP contribution in [0.3, 0.4) is 0 Å². The number of carbonyl (C=O) groups excluding carboxylic acids is 1. The van der Waals surface area contributed by atoms with E-state index in [0.717, 1.165) is 16.7 Å². The number of esters is 1. The Morgan fingerprint density at radius 3 is 1.96 bits per heavy atom. The Morgan fingerprint density at radius 2 is 1.56 bits per heavy atom. The van der Waals surface area contributed by atoms with E-state index >= 15 is 0 Å². The molecule has 1 rings (SSSR count). The lowest BCUT2D eigenvalue weighted by molar-refractivity contribution is -0.139. The lowest BCUT2D eigenvalue weighted by atomic mass is 9.78. The van der Waals surface area contributed by atoms with Crippen LogP contribution in [-0.4, -0.2) is 16.2 Å². The Hall–Kier alpha value is -2.49. The molecule has 0 spiro atoms. The van der Waals surface area contributed by atoms with Gasteiger partial charge in [-0.1, -0.05) is 48.1 Å². The maximum absolute atomic E-state index is 12.1. The summed E-state index contributed by atoms with van der Waals surface area (Å²) >= 11 is 0. The summed E-state index contributed by atoms with van der Waals surface area (Å²) in [5.74, 6) is -0.218. The van der Waals surface area contributed by atoms with Crippen molar-refractivity contribution < 1.29 is 19.7 Å². The summed E-state index contributed by atoms with van der Waals surface area (Å²) in [5.41, 5.74) is 2.09. The number of allylic oxidation sites excluding steroid dienone is 2. The average Bonchev–Trinajstić information content (AvgIpc) is 2.55. The normalized spacial score (nSPS) is 13.1. The number of phenolic OH excluding ortho intramolecular Hbond substituents is 1. The first kappa shape index (κ1) is 22.6. The number of aliphatic hydroxyl groups excluding tert-OH is 1. The topological polar surface area (TPSA) is 66.8 Å². The maximum Gasteiger partial charge on any atom is 0.337 e. The predicted molar refractivity (Wildman–Crippen MR) is 110 cm³/mol. The van der Waals surface area contributed by atoms with Gasteiger partial charge in [-0.2, -0.15) is 0 Å². The van der Waals surface area contributed by atoms with Crippen LogP contribution in [0.4, 0.5) is 0 Å². The van der Waals surface area contributed by atoms with Gasteiger partial charge in [0.25, 0.3) is 0 Å². The molecule has 0 saturated carbocycles. The summed E-state index contributed by atoms with van der Waals surface area (Å²) in [7, 11) is 0. The number of carbonyl (C=O) groups is 1. The number of hydrogen-bond acceptors (Lipinski definition) is 4. The first-order valence-electron chi connectivity index (χ1n) is 9.03. The second kappa shape index (κ2) is 8.47. The monoisotopic (exact) mass is 372 g/mol. The van der Waals surface area contributed by atoms with Gasteiger partial charge in [0.05, 0.1) is 5.57 Å². The molecule has 4 nitrogen and oxygen atoms in total. The van der Waals surface area contributed by atoms with Crippen molar-refractivity contribution in [2.75, 3.05) is 0 Å². The minimum Gasteiger partial charge on any atom is -0.508 e. The van der Waals surface area contributed by atoms with Crippen LogP contribution >= 0.6 is 0 Å². The minimum absolute atomic E-state index is 0.0483. The van der Waals surface area contributed by atoms with Crippen molar-refractivity contribution in [2.24, 2.45) is 0 Å². The van der Waals surface area contributed by atoms with Crippen molar-refractivity contribution in [3.8, 4) is 5.75 Å². The fourth-order valence-corrected chi connectivity index (χ4v) is 2.51. The molecule has 0 aliphatic heterocycles. The summed E-state index contributed by atoms with van der Waals surface area (Å²) < 4.78 is 5.36. The zero-order valence-corrected chi connectivity index (χ0v) is 17.5. The van der Waals surface area contributed by atoms with Gasteiger partial charge < -0.3 is 14.9 Å². The van der Waals surface area contributed by atoms with E-state index in [4.69, 9.17) is 4.74 Å². The number of benzene rings is 1. The third kappa shape index (κ3) is 6.31. The third-order valence-corrected chi connectivity index (χ3v) is 4.17. The molecule has 1 aromatic carbocycles. The van der Waals surface area contributed by atoms with Gasteiger partial charge in [-0.15, -0.1) is 0 Å². The highest BCUT2D eigenvalue weighted by Gasteiger charge is 2.26. The van der Waals surface area contributed by atoms with Crippen LogP contribution in [-0.2, 0) is 27.0 Å². The van der Waals surface area contributed by atoms with Crippen molar-refractivity contribution in [1.82, 2.24) is 0 Å². The van der Waals surface area contributed by atoms with Crippen molar-refractivity contribution in [1.29, 1.82) is 0 Å². The number of aliphatic hydroxyl groups is 1. The van der Waals surface area contributed by atoms with Crippen molar-refractivity contribution in [3.63, 3.8) is 0 Å². The minimum atomic E-state index is -0.558. The smallest absolute Gasteiger partial charge is 0.337 e. The van der Waals surface area contributed by atoms with E-state index in [2.05, 4.69) is 6.58 Å². The van der Waals surface area contributed by atoms with Gasteiger partial charge in [-0.3, -0.25) is 0 Å². The highest BCUT2D eigenvalue weighted by Crippen LogP contribution is 2.39. The van der Waals surface area contributed by atoms with Crippen LogP contribution in [0.5, 0.6) is 5.75 Å². The van der Waals surface area contributed by atoms with Crippen molar-refractivity contribution >= 4 is 5.97 Å². The van der Waals surface area contributed by atoms with Crippen LogP contribution in [0.25, 0.3) is 0 Å². The van der Waals surface area contributed by atoms with Gasteiger partial charge in [-0.05, 0) is 64.8 Å². The third-order valence-electron chi connectivity index (χ3n) is 4.17. The molecular formula is C23H32O4. The molecule has 0 aliphatic carbocycles. The van der Waals surface area contributed by atoms with E-state index in [1.54, 1.807) is 6.92 Å². The molecule has 1 aromatic rings. The lowest BCUT2D eigenvalue weighted by Crippen LogP contribution is -2.18. The molecule has 0 bridgehead atoms. The van der Waals surface area contributed by atoms with Gasteiger partial charge in [0.15, 0.2) is 0 Å². The largest absolute Gasteiger partial charge is 0.508 e. The Morgan fingerprint density at radius 1 is 1.07 bits per heavy atom. The van der Waals surface area contributed by atoms with Gasteiger partial charge in [-0.25, -0.2) is 4.79 Å². The maximum atomic E-state index is 12.1. The van der Waals surface area contributed by atoms with Gasteiger partial charge in [0.1, 0.15) is 18.1 Å². The molecule has 0 radical (unpaired) electrons. The first-order valence-corrected chi connectivity index (χ1v) is 9.03. The molecule has 27 heavy (non-hydrogen) atoms. The highest BCUT2D eigenvalue weighted by molar-refractivity contribution is 5.90.